The molecule has 4 rings (SSSR count). The SMILES string of the molecule is CCCN1C(=O)N2C[C@@H](C(C)C)N=C2c2[nH]c(C3=C(C)CC(C)(CCC(=O)O)CC3)nc21. The largest absolute Gasteiger partial charge is 0.481 e. The molecular weight excluding hydrogens is 406 g/mol. The standard InChI is InChI=1S/C24H35N5O3/c1-6-11-28-22-19(21-25-17(14(2)3)13-29(21)23(28)32)26-20(27-22)16-7-9-24(5,12-15(16)4)10-8-18(30)31/h14,17H,6-13H2,1-5H3,(H,26,27)(H,30,31)/t17-,24?/m0/s1. The molecule has 0 aromatic carbocycles. The number of amidine groups is 1. The van der Waals surface area contributed by atoms with Crippen LogP contribution in [0.5, 0.6) is 0 Å². The molecule has 0 spiro atoms. The van der Waals surface area contributed by atoms with Gasteiger partial charge in [0.2, 0.25) is 0 Å². The molecule has 2 amide bonds. The number of aromatic nitrogens is 2. The van der Waals surface area contributed by atoms with Gasteiger partial charge in [-0.1, -0.05) is 33.3 Å². The number of fused-ring (bicyclic) bond motifs is 3. The predicted molar refractivity (Wildman–Crippen MR) is 125 cm³/mol. The quantitative estimate of drug-likeness (QED) is 0.641. The molecular formula is C24H35N5O3. The van der Waals surface area contributed by atoms with Gasteiger partial charge in [-0.05, 0) is 55.9 Å². The van der Waals surface area contributed by atoms with Crippen LogP contribution >= 0.6 is 0 Å². The Bertz CT molecular complexity index is 992. The molecule has 2 atom stereocenters. The lowest BCUT2D eigenvalue weighted by molar-refractivity contribution is -0.137. The summed E-state index contributed by atoms with van der Waals surface area (Å²) < 4.78 is 0. The highest BCUT2D eigenvalue weighted by Crippen LogP contribution is 2.45. The second-order valence-electron chi connectivity index (χ2n) is 10.2. The van der Waals surface area contributed by atoms with E-state index in [-0.39, 0.29) is 23.9 Å². The Hall–Kier alpha value is -2.64. The number of nitrogens with zero attached hydrogens (tertiary/aromatic N) is 4. The van der Waals surface area contributed by atoms with E-state index in [0.29, 0.717) is 31.2 Å². The third kappa shape index (κ3) is 3.95. The lowest BCUT2D eigenvalue weighted by Gasteiger charge is -2.35. The van der Waals surface area contributed by atoms with Crippen LogP contribution in [0.15, 0.2) is 10.6 Å². The number of imidazole rings is 1. The van der Waals surface area contributed by atoms with Gasteiger partial charge in [0.05, 0.1) is 12.6 Å². The van der Waals surface area contributed by atoms with E-state index in [4.69, 9.17) is 15.1 Å². The van der Waals surface area contributed by atoms with Crippen LogP contribution in [0.4, 0.5) is 10.6 Å². The fourth-order valence-electron chi connectivity index (χ4n) is 5.21. The van der Waals surface area contributed by atoms with E-state index >= 15 is 0 Å². The first-order valence-electron chi connectivity index (χ1n) is 11.8. The molecule has 1 aromatic heterocycles. The number of carbonyl (C=O) groups is 2. The minimum Gasteiger partial charge on any atom is -0.481 e. The molecule has 8 heteroatoms. The number of carboxylic acid groups (broad SMARTS) is 1. The van der Waals surface area contributed by atoms with Crippen molar-refractivity contribution in [3.8, 4) is 0 Å². The van der Waals surface area contributed by atoms with Gasteiger partial charge in [-0.3, -0.25) is 19.6 Å². The van der Waals surface area contributed by atoms with Crippen molar-refractivity contribution in [1.82, 2.24) is 14.9 Å². The van der Waals surface area contributed by atoms with Gasteiger partial charge in [0, 0.05) is 13.0 Å². The number of carbonyl (C=O) groups excluding carboxylic acids is 1. The Morgan fingerprint density at radius 2 is 2.12 bits per heavy atom. The molecule has 32 heavy (non-hydrogen) atoms. The first kappa shape index (κ1) is 22.6. The predicted octanol–water partition coefficient (Wildman–Crippen LogP) is 4.68. The summed E-state index contributed by atoms with van der Waals surface area (Å²) in [5, 5.41) is 9.09. The average molecular weight is 442 g/mol. The maximum atomic E-state index is 13.2. The number of carboxylic acids is 1. The third-order valence-electron chi connectivity index (χ3n) is 7.17. The van der Waals surface area contributed by atoms with E-state index in [2.05, 4.69) is 39.6 Å². The highest BCUT2D eigenvalue weighted by atomic mass is 16.4. The van der Waals surface area contributed by atoms with Crippen LogP contribution in [0.2, 0.25) is 0 Å². The highest BCUT2D eigenvalue weighted by Gasteiger charge is 2.43. The number of hydrogen-bond donors (Lipinski definition) is 2. The van der Waals surface area contributed by atoms with Crippen molar-refractivity contribution in [1.29, 1.82) is 0 Å². The molecule has 2 aliphatic heterocycles. The van der Waals surface area contributed by atoms with E-state index in [1.807, 2.05) is 0 Å². The zero-order valence-corrected chi connectivity index (χ0v) is 19.9. The monoisotopic (exact) mass is 441 g/mol. The molecule has 8 nitrogen and oxygen atoms in total. The van der Waals surface area contributed by atoms with Crippen molar-refractivity contribution in [2.45, 2.75) is 79.2 Å². The fraction of sp³-hybridized carbons (Fsp3) is 0.667. The van der Waals surface area contributed by atoms with Gasteiger partial charge in [-0.15, -0.1) is 0 Å². The third-order valence-corrected chi connectivity index (χ3v) is 7.17. The molecule has 3 heterocycles. The summed E-state index contributed by atoms with van der Waals surface area (Å²) >= 11 is 0. The maximum absolute atomic E-state index is 13.2. The maximum Gasteiger partial charge on any atom is 0.331 e. The van der Waals surface area contributed by atoms with Crippen molar-refractivity contribution in [3.63, 3.8) is 0 Å². The van der Waals surface area contributed by atoms with Crippen LogP contribution in [0, 0.1) is 11.3 Å². The molecule has 3 aliphatic rings. The van der Waals surface area contributed by atoms with E-state index in [1.54, 1.807) is 9.80 Å². The Labute approximate surface area is 189 Å². The van der Waals surface area contributed by atoms with Crippen molar-refractivity contribution >= 4 is 29.2 Å². The smallest absolute Gasteiger partial charge is 0.331 e. The van der Waals surface area contributed by atoms with Crippen molar-refractivity contribution in [2.24, 2.45) is 16.3 Å². The zero-order valence-electron chi connectivity index (χ0n) is 19.9. The van der Waals surface area contributed by atoms with Gasteiger partial charge in [-0.25, -0.2) is 9.78 Å². The van der Waals surface area contributed by atoms with Crippen LogP contribution in [0.3, 0.4) is 0 Å². The zero-order chi connectivity index (χ0) is 23.2. The lowest BCUT2D eigenvalue weighted by Crippen LogP contribution is -2.50. The normalized spacial score (nSPS) is 25.4. The molecule has 1 aromatic rings. The van der Waals surface area contributed by atoms with E-state index in [0.717, 1.165) is 43.0 Å². The molecule has 1 unspecified atom stereocenters. The number of aromatic amines is 1. The molecule has 0 saturated heterocycles. The molecule has 174 valence electrons. The summed E-state index contributed by atoms with van der Waals surface area (Å²) in [6.07, 6.45) is 4.38. The average Bonchev–Trinajstić information content (AvgIpc) is 3.35. The van der Waals surface area contributed by atoms with Gasteiger partial charge >= 0.3 is 12.0 Å². The van der Waals surface area contributed by atoms with E-state index in [9.17, 15) is 9.59 Å². The number of aliphatic carboxylic acids is 1. The van der Waals surface area contributed by atoms with Crippen molar-refractivity contribution < 1.29 is 14.7 Å². The number of H-pyrrole nitrogens is 1. The van der Waals surface area contributed by atoms with Gasteiger partial charge in [0.1, 0.15) is 11.5 Å². The minimum atomic E-state index is -0.736. The summed E-state index contributed by atoms with van der Waals surface area (Å²) in [5.74, 6) is 1.85. The summed E-state index contributed by atoms with van der Waals surface area (Å²) in [6.45, 7) is 11.9. The van der Waals surface area contributed by atoms with E-state index < -0.39 is 5.97 Å². The molecule has 0 radical (unpaired) electrons. The number of allylic oxidation sites excluding steroid dienone is 2. The van der Waals surface area contributed by atoms with Gasteiger partial charge in [0.15, 0.2) is 11.7 Å². The molecule has 0 fully saturated rings. The highest BCUT2D eigenvalue weighted by molar-refractivity contribution is 6.18. The molecule has 2 N–H and O–H groups in total. The summed E-state index contributed by atoms with van der Waals surface area (Å²) in [4.78, 5) is 41.2. The van der Waals surface area contributed by atoms with Crippen LogP contribution in [-0.2, 0) is 4.79 Å². The first-order chi connectivity index (χ1) is 15.1. The molecule has 0 saturated carbocycles. The van der Waals surface area contributed by atoms with Gasteiger partial charge in [0.25, 0.3) is 0 Å². The number of aliphatic imine (C=N–C) groups is 1. The molecule has 1 aliphatic carbocycles. The number of nitrogens with one attached hydrogen (secondary N) is 1. The number of hydrogen-bond acceptors (Lipinski definition) is 4. The van der Waals surface area contributed by atoms with Crippen LogP contribution in [0.25, 0.3) is 5.57 Å². The summed E-state index contributed by atoms with van der Waals surface area (Å²) in [6, 6.07) is 0.0654. The minimum absolute atomic E-state index is 0.000778. The number of amides is 2. The number of urea groups is 1. The Kier molecular flexibility index (Phi) is 5.90. The Morgan fingerprint density at radius 3 is 2.75 bits per heavy atom. The Balaban J connectivity index is 1.69. The van der Waals surface area contributed by atoms with Gasteiger partial charge < -0.3 is 10.1 Å². The topological polar surface area (TPSA) is 102 Å². The van der Waals surface area contributed by atoms with Crippen molar-refractivity contribution in [2.75, 3.05) is 18.0 Å². The molecule has 0 bridgehead atoms. The van der Waals surface area contributed by atoms with Crippen LogP contribution in [0.1, 0.15) is 84.7 Å². The first-order valence-corrected chi connectivity index (χ1v) is 11.8. The fourth-order valence-corrected chi connectivity index (χ4v) is 5.21. The van der Waals surface area contributed by atoms with Crippen LogP contribution < -0.4 is 4.90 Å². The van der Waals surface area contributed by atoms with E-state index in [1.165, 1.54) is 11.1 Å². The number of anilines is 1. The second kappa shape index (κ2) is 8.37. The van der Waals surface area contributed by atoms with Crippen molar-refractivity contribution in [3.05, 3.63) is 17.1 Å². The lowest BCUT2D eigenvalue weighted by atomic mass is 9.70. The number of rotatable bonds is 7. The summed E-state index contributed by atoms with van der Waals surface area (Å²) in [7, 11) is 0. The second-order valence-corrected chi connectivity index (χ2v) is 10.2. The van der Waals surface area contributed by atoms with Crippen LogP contribution in [-0.4, -0.2) is 56.9 Å². The Morgan fingerprint density at radius 1 is 1.38 bits per heavy atom. The summed E-state index contributed by atoms with van der Waals surface area (Å²) in [5.41, 5.74) is 3.27. The van der Waals surface area contributed by atoms with Gasteiger partial charge in [-0.2, -0.15) is 0 Å².